The molecule has 0 bridgehead atoms. The number of nitrogens with one attached hydrogen (secondary N) is 1. The average molecular weight is 597 g/mol. The topological polar surface area (TPSA) is 83.8 Å². The molecule has 220 valence electrons. The lowest BCUT2D eigenvalue weighted by Gasteiger charge is -2.21. The highest BCUT2D eigenvalue weighted by Gasteiger charge is 2.34. The molecule has 0 atom stereocenters. The number of hydrogen-bond donors (Lipinski definition) is 1. The Bertz CT molecular complexity index is 1680. The summed E-state index contributed by atoms with van der Waals surface area (Å²) in [6.45, 7) is 4.77. The Morgan fingerprint density at radius 3 is 2.26 bits per heavy atom. The van der Waals surface area contributed by atoms with Gasteiger partial charge in [-0.05, 0) is 63.1 Å². The maximum absolute atomic E-state index is 13.6. The quantitative estimate of drug-likeness (QED) is 0.185. The van der Waals surface area contributed by atoms with Gasteiger partial charge in [-0.3, -0.25) is 4.79 Å². The van der Waals surface area contributed by atoms with E-state index in [0.29, 0.717) is 23.4 Å². The van der Waals surface area contributed by atoms with E-state index in [2.05, 4.69) is 10.5 Å². The van der Waals surface area contributed by atoms with Crippen molar-refractivity contribution in [1.82, 2.24) is 14.3 Å². The molecule has 0 saturated heterocycles. The average Bonchev–Trinajstić information content (AvgIpc) is 3.23. The molecule has 7 nitrogen and oxygen atoms in total. The minimum Gasteiger partial charge on any atom is -0.317 e. The number of benzene rings is 3. The van der Waals surface area contributed by atoms with Crippen LogP contribution in [0.4, 0.5) is 13.2 Å². The van der Waals surface area contributed by atoms with Crippen molar-refractivity contribution in [3.05, 3.63) is 119 Å². The Kier molecular flexibility index (Phi) is 9.33. The van der Waals surface area contributed by atoms with Crippen molar-refractivity contribution in [3.63, 3.8) is 0 Å². The Hall–Kier alpha value is -4.22. The summed E-state index contributed by atoms with van der Waals surface area (Å²) in [6, 6.07) is 22.7. The molecule has 3 aromatic carbocycles. The summed E-state index contributed by atoms with van der Waals surface area (Å²) in [6.07, 6.45) is -2.81. The molecule has 42 heavy (non-hydrogen) atoms. The summed E-state index contributed by atoms with van der Waals surface area (Å²) in [5.41, 5.74) is 4.94. The lowest BCUT2D eigenvalue weighted by Crippen LogP contribution is -2.40. The number of sulfonamides is 1. The van der Waals surface area contributed by atoms with Gasteiger partial charge < -0.3 is 4.57 Å². The van der Waals surface area contributed by atoms with E-state index in [-0.39, 0.29) is 17.1 Å². The zero-order valence-corrected chi connectivity index (χ0v) is 24.2. The zero-order valence-electron chi connectivity index (χ0n) is 23.4. The smallest absolute Gasteiger partial charge is 0.317 e. The van der Waals surface area contributed by atoms with Crippen molar-refractivity contribution in [3.8, 4) is 5.69 Å². The van der Waals surface area contributed by atoms with Crippen LogP contribution in [0.15, 0.2) is 94.9 Å². The Labute approximate surface area is 243 Å². The molecule has 1 N–H and O–H groups in total. The first-order valence-electron chi connectivity index (χ1n) is 13.2. The minimum atomic E-state index is -4.53. The fourth-order valence-electron chi connectivity index (χ4n) is 4.61. The second-order valence-electron chi connectivity index (χ2n) is 9.86. The molecule has 0 aliphatic heterocycles. The molecule has 0 radical (unpaired) electrons. The summed E-state index contributed by atoms with van der Waals surface area (Å²) >= 11 is 0. The first-order chi connectivity index (χ1) is 19.9. The lowest BCUT2D eigenvalue weighted by molar-refractivity contribution is -0.137. The van der Waals surface area contributed by atoms with Gasteiger partial charge in [-0.2, -0.15) is 22.6 Å². The van der Waals surface area contributed by atoms with E-state index in [1.54, 1.807) is 32.0 Å². The molecule has 1 heterocycles. The second-order valence-corrected chi connectivity index (χ2v) is 11.8. The first kappa shape index (κ1) is 30.7. The van der Waals surface area contributed by atoms with Crippen LogP contribution in [0, 0.1) is 20.8 Å². The number of aromatic nitrogens is 1. The van der Waals surface area contributed by atoms with Gasteiger partial charge in [0.05, 0.1) is 28.9 Å². The van der Waals surface area contributed by atoms with Crippen LogP contribution in [0.3, 0.4) is 0 Å². The predicted molar refractivity (Wildman–Crippen MR) is 156 cm³/mol. The number of carbonyl (C=O) groups is 1. The summed E-state index contributed by atoms with van der Waals surface area (Å²) in [5.74, 6) is -0.661. The highest BCUT2D eigenvalue weighted by Crippen LogP contribution is 2.35. The minimum absolute atomic E-state index is 0.0148. The summed E-state index contributed by atoms with van der Waals surface area (Å²) in [4.78, 5) is 12.9. The Morgan fingerprint density at radius 2 is 1.60 bits per heavy atom. The van der Waals surface area contributed by atoms with Crippen LogP contribution < -0.4 is 5.43 Å². The van der Waals surface area contributed by atoms with Gasteiger partial charge in [0.1, 0.15) is 0 Å². The van der Waals surface area contributed by atoms with Crippen LogP contribution >= 0.6 is 0 Å². The fourth-order valence-corrected chi connectivity index (χ4v) is 6.01. The zero-order chi connectivity index (χ0) is 30.5. The number of carbonyl (C=O) groups excluding carboxylic acids is 1. The first-order valence-corrected chi connectivity index (χ1v) is 14.6. The van der Waals surface area contributed by atoms with Crippen LogP contribution in [-0.4, -0.2) is 42.5 Å². The van der Waals surface area contributed by atoms with Gasteiger partial charge >= 0.3 is 6.18 Å². The van der Waals surface area contributed by atoms with Gasteiger partial charge in [0.15, 0.2) is 0 Å². The molecule has 11 heteroatoms. The molecule has 1 aromatic heterocycles. The van der Waals surface area contributed by atoms with Crippen LogP contribution in [0.2, 0.25) is 0 Å². The summed E-state index contributed by atoms with van der Waals surface area (Å²) in [7, 11) is -3.99. The van der Waals surface area contributed by atoms with Crippen molar-refractivity contribution in [2.45, 2.75) is 38.3 Å². The number of hydrazone groups is 1. The lowest BCUT2D eigenvalue weighted by atomic mass is 10.1. The third-order valence-electron chi connectivity index (χ3n) is 6.78. The SMILES string of the molecule is Cc1ccc(S(=O)(=O)N(CCc2ccccc2)CC(=O)N/N=C/c2cc(C)n(-c3ccccc3C(F)(F)F)c2C)cc1. The van der Waals surface area contributed by atoms with E-state index in [9.17, 15) is 26.4 Å². The molecule has 4 rings (SSSR count). The molecular formula is C31H31F3N4O3S. The van der Waals surface area contributed by atoms with Gasteiger partial charge in [0.2, 0.25) is 10.0 Å². The highest BCUT2D eigenvalue weighted by molar-refractivity contribution is 7.89. The van der Waals surface area contributed by atoms with Gasteiger partial charge in [-0.25, -0.2) is 13.8 Å². The van der Waals surface area contributed by atoms with E-state index in [1.165, 1.54) is 41.1 Å². The van der Waals surface area contributed by atoms with Crippen molar-refractivity contribution in [1.29, 1.82) is 0 Å². The van der Waals surface area contributed by atoms with Crippen molar-refractivity contribution < 1.29 is 26.4 Å². The van der Waals surface area contributed by atoms with Crippen molar-refractivity contribution >= 4 is 22.1 Å². The molecule has 0 aliphatic carbocycles. The molecular weight excluding hydrogens is 565 g/mol. The number of hydrogen-bond acceptors (Lipinski definition) is 4. The number of halogens is 3. The van der Waals surface area contributed by atoms with Gasteiger partial charge in [-0.1, -0.05) is 60.2 Å². The largest absolute Gasteiger partial charge is 0.418 e. The second kappa shape index (κ2) is 12.7. The molecule has 0 spiro atoms. The third kappa shape index (κ3) is 7.15. The molecule has 0 saturated carbocycles. The summed E-state index contributed by atoms with van der Waals surface area (Å²) in [5, 5.41) is 3.98. The number of alkyl halides is 3. The molecule has 0 aliphatic rings. The van der Waals surface area contributed by atoms with Gasteiger partial charge in [-0.15, -0.1) is 0 Å². The molecule has 1 amide bonds. The normalized spacial score (nSPS) is 12.3. The van der Waals surface area contributed by atoms with Crippen molar-refractivity contribution in [2.24, 2.45) is 5.10 Å². The van der Waals surface area contributed by atoms with Crippen molar-refractivity contribution in [2.75, 3.05) is 13.1 Å². The Morgan fingerprint density at radius 1 is 0.952 bits per heavy atom. The van der Waals surface area contributed by atoms with Crippen LogP contribution in [0.25, 0.3) is 5.69 Å². The van der Waals surface area contributed by atoms with Gasteiger partial charge in [0.25, 0.3) is 5.91 Å². The monoisotopic (exact) mass is 596 g/mol. The van der Waals surface area contributed by atoms with E-state index in [4.69, 9.17) is 0 Å². The highest BCUT2D eigenvalue weighted by atomic mass is 32.2. The maximum Gasteiger partial charge on any atom is 0.418 e. The molecule has 4 aromatic rings. The number of nitrogens with zero attached hydrogens (tertiary/aromatic N) is 3. The number of para-hydroxylation sites is 1. The fraction of sp³-hybridized carbons (Fsp3) is 0.226. The van der Waals surface area contributed by atoms with E-state index in [1.807, 2.05) is 37.3 Å². The molecule has 0 fully saturated rings. The van der Waals surface area contributed by atoms with Crippen LogP contribution in [0.5, 0.6) is 0 Å². The van der Waals surface area contributed by atoms with E-state index in [0.717, 1.165) is 21.5 Å². The van der Waals surface area contributed by atoms with Gasteiger partial charge in [0, 0.05) is 23.5 Å². The third-order valence-corrected chi connectivity index (χ3v) is 8.64. The van der Waals surface area contributed by atoms with E-state index >= 15 is 0 Å². The number of amides is 1. The van der Waals surface area contributed by atoms with Crippen LogP contribution in [-0.2, 0) is 27.4 Å². The summed E-state index contributed by atoms with van der Waals surface area (Å²) < 4.78 is 70.3. The number of aryl methyl sites for hydroxylation is 2. The van der Waals surface area contributed by atoms with Crippen LogP contribution in [0.1, 0.15) is 33.6 Å². The standard InChI is InChI=1S/C31H31F3N4O3S/c1-22-13-15-27(16-14-22)42(40,41)37(18-17-25-9-5-4-6-10-25)21-30(39)36-35-20-26-19-23(2)38(24(26)3)29-12-8-7-11-28(29)31(32,33)34/h4-16,19-20H,17-18,21H2,1-3H3,(H,36,39)/b35-20+. The predicted octanol–water partition coefficient (Wildman–Crippen LogP) is 5.81. The number of rotatable bonds is 10. The maximum atomic E-state index is 13.6. The molecule has 0 unspecified atom stereocenters. The Balaban J connectivity index is 1.52. The van der Waals surface area contributed by atoms with E-state index < -0.39 is 34.2 Å².